The molecule has 4 saturated carbocycles. The number of fused-ring (bicyclic) bond motifs is 7. The van der Waals surface area contributed by atoms with Crippen LogP contribution in [0.4, 0.5) is 4.39 Å². The average molecular weight is 711 g/mol. The van der Waals surface area contributed by atoms with Crippen molar-refractivity contribution in [3.63, 3.8) is 0 Å². The minimum atomic E-state index is -0.627. The summed E-state index contributed by atoms with van der Waals surface area (Å²) in [5.41, 5.74) is 4.53. The number of amides is 1. The zero-order valence-electron chi connectivity index (χ0n) is 33.9. The number of nitrogens with zero attached hydrogens (tertiary/aromatic N) is 1. The van der Waals surface area contributed by atoms with Gasteiger partial charge in [-0.05, 0) is 160 Å². The van der Waals surface area contributed by atoms with Crippen LogP contribution in [0.15, 0.2) is 36.0 Å². The summed E-state index contributed by atoms with van der Waals surface area (Å²) in [7, 11) is 0.500. The lowest BCUT2D eigenvalue weighted by molar-refractivity contribution is -0.212. The third-order valence-corrected chi connectivity index (χ3v) is 15.9. The highest BCUT2D eigenvalue weighted by Gasteiger charge is 2.68. The van der Waals surface area contributed by atoms with Gasteiger partial charge in [-0.15, -0.1) is 6.58 Å². The van der Waals surface area contributed by atoms with E-state index in [-0.39, 0.29) is 5.92 Å². The van der Waals surface area contributed by atoms with Gasteiger partial charge in [0.1, 0.15) is 0 Å². The first-order chi connectivity index (χ1) is 24.4. The molecule has 0 aromatic heterocycles. The summed E-state index contributed by atoms with van der Waals surface area (Å²) in [6.45, 7) is 22.9. The molecule has 0 bridgehead atoms. The van der Waals surface area contributed by atoms with E-state index in [1.807, 2.05) is 20.8 Å². The molecule has 9 unspecified atom stereocenters. The number of carboxylic acid groups (broad SMARTS) is 1. The number of allylic oxidation sites excluding steroid dienone is 5. The van der Waals surface area contributed by atoms with Crippen LogP contribution in [-0.2, 0) is 9.59 Å². The molecular weight excluding hydrogens is 636 g/mol. The van der Waals surface area contributed by atoms with E-state index in [0.717, 1.165) is 75.4 Å². The Bertz CT molecular complexity index is 1280. The maximum atomic E-state index is 12.1. The molecule has 290 valence electrons. The predicted octanol–water partition coefficient (Wildman–Crippen LogP) is 11.0. The number of halogens is 1. The molecule has 0 spiro atoms. The molecule has 0 aromatic rings. The number of carbonyl (C=O) groups excluding carboxylic acids is 1. The van der Waals surface area contributed by atoms with E-state index < -0.39 is 5.97 Å². The Hall–Kier alpha value is -1.95. The number of aliphatic carboxylic acids is 1. The Morgan fingerprint density at radius 3 is 2.31 bits per heavy atom. The molecule has 5 fully saturated rings. The molecule has 1 saturated heterocycles. The minimum Gasteiger partial charge on any atom is -0.481 e. The zero-order valence-corrected chi connectivity index (χ0v) is 33.9. The normalized spacial score (nSPS) is 40.9. The SMILES string of the molecule is C=CC.CC.CC1C(C2=CCC(C(=O)O)CC2)=CCC2(C)C1CCC1(C)C2CCC2C3CCCC3(NCCCN3CCCC3=O)CC[C@]21C.CF. The van der Waals surface area contributed by atoms with Crippen LogP contribution in [-0.4, -0.2) is 54.2 Å². The lowest BCUT2D eigenvalue weighted by atomic mass is 9.34. The van der Waals surface area contributed by atoms with Gasteiger partial charge in [-0.2, -0.15) is 0 Å². The highest BCUT2D eigenvalue weighted by atomic mass is 19.1. The molecule has 2 N–H and O–H groups in total. The topological polar surface area (TPSA) is 69.6 Å². The van der Waals surface area contributed by atoms with Gasteiger partial charge in [-0.25, -0.2) is 0 Å². The van der Waals surface area contributed by atoms with E-state index in [9.17, 15) is 19.1 Å². The van der Waals surface area contributed by atoms with E-state index in [1.165, 1.54) is 69.8 Å². The van der Waals surface area contributed by atoms with Crippen LogP contribution in [0.25, 0.3) is 0 Å². The predicted molar refractivity (Wildman–Crippen MR) is 210 cm³/mol. The van der Waals surface area contributed by atoms with Crippen molar-refractivity contribution in [2.75, 3.05) is 26.8 Å². The maximum Gasteiger partial charge on any atom is 0.306 e. The van der Waals surface area contributed by atoms with Crippen molar-refractivity contribution in [2.45, 2.75) is 157 Å². The summed E-state index contributed by atoms with van der Waals surface area (Å²) in [4.78, 5) is 25.8. The standard InChI is InChI=1S/C39H60N2O3.C3H6.C2H6.CH3F/c1-26-29(27-10-12-28(13-11-27)35(43)44)16-19-36(2)30(26)17-20-38(4)33(36)15-14-31-32-8-5-18-39(32,22-21-37(31,38)3)40-23-7-25-41-24-6-9-34(41)42;1-3-2;2*1-2/h10,16,26,28,30-33,40H,5-9,11-15,17-25H2,1-4H3,(H,43,44);3H,1H2,2H3;1-2H3;1H3/t26?,28?,30?,31?,32?,33?,36?,37-,38?,39?;;;/m1.../s1. The maximum absolute atomic E-state index is 12.1. The second-order valence-electron chi connectivity index (χ2n) is 17.7. The molecule has 1 heterocycles. The van der Waals surface area contributed by atoms with Crippen molar-refractivity contribution in [3.8, 4) is 0 Å². The van der Waals surface area contributed by atoms with Gasteiger partial charge in [0, 0.05) is 25.0 Å². The Morgan fingerprint density at radius 1 is 0.961 bits per heavy atom. The van der Waals surface area contributed by atoms with Crippen LogP contribution in [0.3, 0.4) is 0 Å². The lowest BCUT2D eigenvalue weighted by Crippen LogP contribution is -2.67. The van der Waals surface area contributed by atoms with Gasteiger partial charge in [0.25, 0.3) is 0 Å². The monoisotopic (exact) mass is 711 g/mol. The second kappa shape index (κ2) is 17.5. The molecule has 6 heteroatoms. The van der Waals surface area contributed by atoms with E-state index in [4.69, 9.17) is 0 Å². The van der Waals surface area contributed by atoms with E-state index in [0.29, 0.717) is 47.2 Å². The van der Waals surface area contributed by atoms with Crippen molar-refractivity contribution < 1.29 is 19.1 Å². The number of hydrogen-bond donors (Lipinski definition) is 2. The van der Waals surface area contributed by atoms with Crippen molar-refractivity contribution in [3.05, 3.63) is 36.0 Å². The van der Waals surface area contributed by atoms with Crippen LogP contribution < -0.4 is 5.32 Å². The third kappa shape index (κ3) is 7.57. The number of carboxylic acids is 1. The number of carbonyl (C=O) groups is 2. The van der Waals surface area contributed by atoms with Gasteiger partial charge in [0.15, 0.2) is 0 Å². The summed E-state index contributed by atoms with van der Waals surface area (Å²) in [5.74, 6) is 3.27. The van der Waals surface area contributed by atoms with Crippen LogP contribution in [0.5, 0.6) is 0 Å². The Morgan fingerprint density at radius 2 is 1.69 bits per heavy atom. The van der Waals surface area contributed by atoms with Crippen molar-refractivity contribution in [1.82, 2.24) is 10.2 Å². The van der Waals surface area contributed by atoms with Gasteiger partial charge >= 0.3 is 5.97 Å². The molecule has 0 radical (unpaired) electrons. The van der Waals surface area contributed by atoms with Crippen LogP contribution in [0, 0.1) is 51.8 Å². The first-order valence-electron chi connectivity index (χ1n) is 21.0. The summed E-state index contributed by atoms with van der Waals surface area (Å²) in [6, 6.07) is 0. The summed E-state index contributed by atoms with van der Waals surface area (Å²) in [6.07, 6.45) is 25.5. The smallest absolute Gasteiger partial charge is 0.306 e. The van der Waals surface area contributed by atoms with E-state index in [2.05, 4.69) is 56.6 Å². The number of nitrogens with one attached hydrogen (secondary N) is 1. The summed E-state index contributed by atoms with van der Waals surface area (Å²) in [5, 5.41) is 13.7. The molecule has 7 rings (SSSR count). The van der Waals surface area contributed by atoms with Crippen LogP contribution in [0.2, 0.25) is 0 Å². The van der Waals surface area contributed by atoms with Gasteiger partial charge in [0.05, 0.1) is 13.1 Å². The van der Waals surface area contributed by atoms with Crippen molar-refractivity contribution in [2.24, 2.45) is 51.8 Å². The molecular formula is C45H75FN2O3. The highest BCUT2D eigenvalue weighted by molar-refractivity contribution is 5.78. The second-order valence-corrected chi connectivity index (χ2v) is 17.7. The summed E-state index contributed by atoms with van der Waals surface area (Å²) >= 11 is 0. The molecule has 5 nitrogen and oxygen atoms in total. The highest BCUT2D eigenvalue weighted by Crippen LogP contribution is 2.75. The molecule has 7 aliphatic rings. The van der Waals surface area contributed by atoms with E-state index >= 15 is 0 Å². The number of alkyl halides is 1. The first kappa shape index (κ1) is 41.8. The minimum absolute atomic E-state index is 0.195. The number of hydrogen-bond acceptors (Lipinski definition) is 3. The van der Waals surface area contributed by atoms with Gasteiger partial charge in [-0.1, -0.05) is 66.2 Å². The van der Waals surface area contributed by atoms with Gasteiger partial charge in [0.2, 0.25) is 5.91 Å². The number of rotatable bonds is 7. The Kier molecular flexibility index (Phi) is 14.3. The zero-order chi connectivity index (χ0) is 37.6. The Balaban J connectivity index is 0.000000780. The Labute approximate surface area is 311 Å². The molecule has 51 heavy (non-hydrogen) atoms. The molecule has 10 atom stereocenters. The molecule has 0 aromatic carbocycles. The van der Waals surface area contributed by atoms with Gasteiger partial charge < -0.3 is 15.3 Å². The largest absolute Gasteiger partial charge is 0.481 e. The molecule has 1 amide bonds. The third-order valence-electron chi connectivity index (χ3n) is 15.9. The lowest BCUT2D eigenvalue weighted by Gasteiger charge is -2.71. The van der Waals surface area contributed by atoms with E-state index in [1.54, 1.807) is 11.6 Å². The first-order valence-corrected chi connectivity index (χ1v) is 21.0. The summed E-state index contributed by atoms with van der Waals surface area (Å²) < 4.78 is 9.50. The fraction of sp³-hybridized carbons (Fsp3) is 0.822. The molecule has 6 aliphatic carbocycles. The fourth-order valence-corrected chi connectivity index (χ4v) is 13.4. The van der Waals surface area contributed by atoms with Gasteiger partial charge in [-0.3, -0.25) is 14.0 Å². The average Bonchev–Trinajstić information content (AvgIpc) is 3.75. The quantitative estimate of drug-likeness (QED) is 0.204. The number of likely N-dealkylation sites (tertiary alicyclic amines) is 1. The van der Waals surface area contributed by atoms with Crippen molar-refractivity contribution >= 4 is 11.9 Å². The molecule has 1 aliphatic heterocycles. The van der Waals surface area contributed by atoms with Crippen LogP contribution >= 0.6 is 0 Å². The van der Waals surface area contributed by atoms with Crippen molar-refractivity contribution in [1.29, 1.82) is 0 Å². The van der Waals surface area contributed by atoms with Crippen LogP contribution in [0.1, 0.15) is 151 Å². The fourth-order valence-electron chi connectivity index (χ4n) is 13.4.